The van der Waals surface area contributed by atoms with E-state index in [1.54, 1.807) is 11.3 Å². The van der Waals surface area contributed by atoms with E-state index >= 15 is 0 Å². The van der Waals surface area contributed by atoms with Crippen LogP contribution in [0.2, 0.25) is 0 Å². The molecule has 2 nitrogen and oxygen atoms in total. The average Bonchev–Trinajstić information content (AvgIpc) is 2.84. The van der Waals surface area contributed by atoms with Gasteiger partial charge in [0.15, 0.2) is 5.13 Å². The van der Waals surface area contributed by atoms with Gasteiger partial charge in [-0.05, 0) is 49.8 Å². The SMILES string of the molecule is Cc1ccc2nc(NC3CCC(C)C3)sc2c1. The third-order valence-corrected chi connectivity index (χ3v) is 4.52. The van der Waals surface area contributed by atoms with Crippen molar-refractivity contribution in [2.24, 2.45) is 5.92 Å². The van der Waals surface area contributed by atoms with E-state index in [9.17, 15) is 0 Å². The largest absolute Gasteiger partial charge is 0.359 e. The summed E-state index contributed by atoms with van der Waals surface area (Å²) in [6.45, 7) is 4.47. The van der Waals surface area contributed by atoms with Crippen molar-refractivity contribution in [3.63, 3.8) is 0 Å². The first-order valence-electron chi connectivity index (χ1n) is 6.34. The Hall–Kier alpha value is -1.09. The first-order chi connectivity index (χ1) is 8.20. The summed E-state index contributed by atoms with van der Waals surface area (Å²) in [5.41, 5.74) is 2.43. The quantitative estimate of drug-likeness (QED) is 0.858. The van der Waals surface area contributed by atoms with Crippen molar-refractivity contribution in [1.82, 2.24) is 4.98 Å². The van der Waals surface area contributed by atoms with E-state index in [1.807, 2.05) is 0 Å². The lowest BCUT2D eigenvalue weighted by atomic mass is 10.1. The minimum Gasteiger partial charge on any atom is -0.359 e. The lowest BCUT2D eigenvalue weighted by Crippen LogP contribution is -2.14. The first kappa shape index (κ1) is 11.0. The molecule has 2 unspecified atom stereocenters. The Morgan fingerprint density at radius 3 is 3.00 bits per heavy atom. The third kappa shape index (κ3) is 2.29. The van der Waals surface area contributed by atoms with Crippen LogP contribution in [0.15, 0.2) is 18.2 Å². The summed E-state index contributed by atoms with van der Waals surface area (Å²) in [5.74, 6) is 0.865. The van der Waals surface area contributed by atoms with Crippen LogP contribution in [0.3, 0.4) is 0 Å². The molecule has 3 heteroatoms. The maximum Gasteiger partial charge on any atom is 0.184 e. The molecule has 1 aliphatic carbocycles. The maximum atomic E-state index is 4.65. The molecule has 1 aliphatic rings. The van der Waals surface area contributed by atoms with E-state index in [2.05, 4.69) is 42.3 Å². The Balaban J connectivity index is 1.81. The van der Waals surface area contributed by atoms with Gasteiger partial charge in [0.05, 0.1) is 10.2 Å². The van der Waals surface area contributed by atoms with Crippen molar-refractivity contribution in [2.45, 2.75) is 39.2 Å². The van der Waals surface area contributed by atoms with Crippen molar-refractivity contribution >= 4 is 26.7 Å². The molecule has 1 aromatic heterocycles. The van der Waals surface area contributed by atoms with Crippen molar-refractivity contribution < 1.29 is 0 Å². The van der Waals surface area contributed by atoms with Crippen LogP contribution >= 0.6 is 11.3 Å². The number of hydrogen-bond donors (Lipinski definition) is 1. The first-order valence-corrected chi connectivity index (χ1v) is 7.16. The van der Waals surface area contributed by atoms with Crippen LogP contribution < -0.4 is 5.32 Å². The number of nitrogens with one attached hydrogen (secondary N) is 1. The topological polar surface area (TPSA) is 24.9 Å². The van der Waals surface area contributed by atoms with E-state index in [4.69, 9.17) is 0 Å². The number of thiazole rings is 1. The highest BCUT2D eigenvalue weighted by Crippen LogP contribution is 2.31. The highest BCUT2D eigenvalue weighted by atomic mass is 32.1. The van der Waals surface area contributed by atoms with Crippen molar-refractivity contribution in [2.75, 3.05) is 5.32 Å². The fourth-order valence-corrected chi connectivity index (χ4v) is 3.65. The molecule has 0 amide bonds. The van der Waals surface area contributed by atoms with Crippen molar-refractivity contribution in [3.05, 3.63) is 23.8 Å². The van der Waals surface area contributed by atoms with Gasteiger partial charge in [0.25, 0.3) is 0 Å². The number of hydrogen-bond acceptors (Lipinski definition) is 3. The van der Waals surface area contributed by atoms with E-state index in [1.165, 1.54) is 29.5 Å². The van der Waals surface area contributed by atoms with Crippen LogP contribution in [0.5, 0.6) is 0 Å². The number of fused-ring (bicyclic) bond motifs is 1. The molecule has 1 N–H and O–H groups in total. The summed E-state index contributed by atoms with van der Waals surface area (Å²) < 4.78 is 1.29. The molecule has 2 aromatic rings. The molecule has 0 aliphatic heterocycles. The van der Waals surface area contributed by atoms with Crippen LogP contribution in [-0.4, -0.2) is 11.0 Å². The summed E-state index contributed by atoms with van der Waals surface area (Å²) in [6, 6.07) is 7.09. The molecule has 90 valence electrons. The minimum atomic E-state index is 0.631. The molecule has 2 atom stereocenters. The molecule has 0 radical (unpaired) electrons. The maximum absolute atomic E-state index is 4.65. The van der Waals surface area contributed by atoms with Gasteiger partial charge >= 0.3 is 0 Å². The smallest absolute Gasteiger partial charge is 0.184 e. The third-order valence-electron chi connectivity index (χ3n) is 3.57. The molecule has 3 rings (SSSR count). The zero-order chi connectivity index (χ0) is 11.8. The molecule has 1 fully saturated rings. The van der Waals surface area contributed by atoms with Gasteiger partial charge in [0.2, 0.25) is 0 Å². The summed E-state index contributed by atoms with van der Waals surface area (Å²) >= 11 is 1.78. The Morgan fingerprint density at radius 1 is 1.35 bits per heavy atom. The summed E-state index contributed by atoms with van der Waals surface area (Å²) in [4.78, 5) is 4.65. The van der Waals surface area contributed by atoms with Gasteiger partial charge in [0, 0.05) is 6.04 Å². The predicted molar refractivity (Wildman–Crippen MR) is 74.8 cm³/mol. The second-order valence-electron chi connectivity index (χ2n) is 5.25. The Morgan fingerprint density at radius 2 is 2.24 bits per heavy atom. The normalized spacial score (nSPS) is 24.4. The molecule has 1 heterocycles. The summed E-state index contributed by atoms with van der Waals surface area (Å²) in [7, 11) is 0. The summed E-state index contributed by atoms with van der Waals surface area (Å²) in [6.07, 6.45) is 3.92. The number of rotatable bonds is 2. The van der Waals surface area contributed by atoms with Crippen molar-refractivity contribution in [3.8, 4) is 0 Å². The van der Waals surface area contributed by atoms with E-state index in [0.717, 1.165) is 16.6 Å². The lowest BCUT2D eigenvalue weighted by molar-refractivity contribution is 0.602. The number of anilines is 1. The number of nitrogens with zero attached hydrogens (tertiary/aromatic N) is 1. The number of aryl methyl sites for hydroxylation is 1. The van der Waals surface area contributed by atoms with Gasteiger partial charge in [-0.15, -0.1) is 0 Å². The lowest BCUT2D eigenvalue weighted by Gasteiger charge is -2.10. The standard InChI is InChI=1S/C14H18N2S/c1-9-3-5-11(7-9)15-14-16-12-6-4-10(2)8-13(12)17-14/h4,6,8-9,11H,3,5,7H2,1-2H3,(H,15,16). The predicted octanol–water partition coefficient (Wildman–Crippen LogP) is 4.21. The zero-order valence-corrected chi connectivity index (χ0v) is 11.2. The van der Waals surface area contributed by atoms with Gasteiger partial charge in [-0.2, -0.15) is 0 Å². The van der Waals surface area contributed by atoms with Crippen LogP contribution in [0.25, 0.3) is 10.2 Å². The van der Waals surface area contributed by atoms with Gasteiger partial charge in [0.1, 0.15) is 0 Å². The van der Waals surface area contributed by atoms with Gasteiger partial charge < -0.3 is 5.32 Å². The van der Waals surface area contributed by atoms with Crippen molar-refractivity contribution in [1.29, 1.82) is 0 Å². The molecule has 1 aromatic carbocycles. The fraction of sp³-hybridized carbons (Fsp3) is 0.500. The molecule has 0 spiro atoms. The molecular formula is C14H18N2S. The average molecular weight is 246 g/mol. The Bertz CT molecular complexity index is 532. The number of benzene rings is 1. The molecule has 1 saturated carbocycles. The summed E-state index contributed by atoms with van der Waals surface area (Å²) in [5, 5.41) is 4.68. The Kier molecular flexibility index (Phi) is 2.79. The highest BCUT2D eigenvalue weighted by Gasteiger charge is 2.21. The van der Waals surface area contributed by atoms with Crippen LogP contribution in [-0.2, 0) is 0 Å². The highest BCUT2D eigenvalue weighted by molar-refractivity contribution is 7.22. The van der Waals surface area contributed by atoms with Gasteiger partial charge in [-0.25, -0.2) is 4.98 Å². The molecule has 0 bridgehead atoms. The molecular weight excluding hydrogens is 228 g/mol. The van der Waals surface area contributed by atoms with E-state index < -0.39 is 0 Å². The van der Waals surface area contributed by atoms with E-state index in [0.29, 0.717) is 6.04 Å². The monoisotopic (exact) mass is 246 g/mol. The second-order valence-corrected chi connectivity index (χ2v) is 6.28. The van der Waals surface area contributed by atoms with E-state index in [-0.39, 0.29) is 0 Å². The second kappa shape index (κ2) is 4.30. The van der Waals surface area contributed by atoms with Gasteiger partial charge in [-0.3, -0.25) is 0 Å². The van der Waals surface area contributed by atoms with Crippen LogP contribution in [0, 0.1) is 12.8 Å². The molecule has 17 heavy (non-hydrogen) atoms. The minimum absolute atomic E-state index is 0.631. The zero-order valence-electron chi connectivity index (χ0n) is 10.4. The fourth-order valence-electron chi connectivity index (χ4n) is 2.61. The molecule has 0 saturated heterocycles. The Labute approximate surface area is 106 Å². The number of aromatic nitrogens is 1. The van der Waals surface area contributed by atoms with Crippen LogP contribution in [0.4, 0.5) is 5.13 Å². The van der Waals surface area contributed by atoms with Crippen LogP contribution in [0.1, 0.15) is 31.7 Å². The van der Waals surface area contributed by atoms with Gasteiger partial charge in [-0.1, -0.05) is 24.3 Å².